The second-order valence-electron chi connectivity index (χ2n) is 2.81. The van der Waals surface area contributed by atoms with Crippen LogP contribution >= 0.6 is 0 Å². The summed E-state index contributed by atoms with van der Waals surface area (Å²) in [7, 11) is 0. The fraction of sp³-hybridized carbons (Fsp3) is 0.444. The standard InChI is InChI=1S/C9H12O4/c1-6(9(12)13)3-4-8(11)5-7(2)10/h3H,4-5H2,1-2H3,(H,12,13). The van der Waals surface area contributed by atoms with Gasteiger partial charge in [0.25, 0.3) is 0 Å². The number of Topliss-reactive ketones (excluding diaryl/α,β-unsaturated/α-hetero) is 2. The molecule has 0 saturated heterocycles. The van der Waals surface area contributed by atoms with Gasteiger partial charge in [-0.2, -0.15) is 0 Å². The largest absolute Gasteiger partial charge is 0.478 e. The maximum atomic E-state index is 10.9. The van der Waals surface area contributed by atoms with E-state index in [-0.39, 0.29) is 30.0 Å². The smallest absolute Gasteiger partial charge is 0.330 e. The summed E-state index contributed by atoms with van der Waals surface area (Å²) in [6.07, 6.45) is 1.20. The molecule has 0 aliphatic heterocycles. The van der Waals surface area contributed by atoms with Crippen molar-refractivity contribution in [1.29, 1.82) is 0 Å². The summed E-state index contributed by atoms with van der Waals surface area (Å²) in [5.74, 6) is -1.50. The lowest BCUT2D eigenvalue weighted by Gasteiger charge is -1.93. The van der Waals surface area contributed by atoms with Crippen molar-refractivity contribution in [2.45, 2.75) is 26.7 Å². The minimum atomic E-state index is -1.05. The van der Waals surface area contributed by atoms with Crippen LogP contribution < -0.4 is 0 Å². The Morgan fingerprint density at radius 2 is 1.77 bits per heavy atom. The van der Waals surface area contributed by atoms with Gasteiger partial charge in [-0.15, -0.1) is 0 Å². The SMILES string of the molecule is CC(=O)CC(=O)CC=C(C)C(=O)O. The maximum Gasteiger partial charge on any atom is 0.330 e. The van der Waals surface area contributed by atoms with Gasteiger partial charge < -0.3 is 5.11 Å². The first-order chi connectivity index (χ1) is 5.93. The molecule has 0 aromatic rings. The normalized spacial score (nSPS) is 11.1. The highest BCUT2D eigenvalue weighted by molar-refractivity contribution is 5.99. The molecule has 0 atom stereocenters. The van der Waals surface area contributed by atoms with Crippen LogP contribution in [0, 0.1) is 0 Å². The van der Waals surface area contributed by atoms with Gasteiger partial charge in [0.05, 0.1) is 6.42 Å². The van der Waals surface area contributed by atoms with E-state index in [2.05, 4.69) is 0 Å². The van der Waals surface area contributed by atoms with Crippen molar-refractivity contribution >= 4 is 17.5 Å². The lowest BCUT2D eigenvalue weighted by Crippen LogP contribution is -2.04. The Hall–Kier alpha value is -1.45. The van der Waals surface area contributed by atoms with Gasteiger partial charge in [-0.1, -0.05) is 6.08 Å². The van der Waals surface area contributed by atoms with Crippen LogP contribution in [0.25, 0.3) is 0 Å². The average Bonchev–Trinajstić information content (AvgIpc) is 1.98. The number of carbonyl (C=O) groups is 3. The van der Waals surface area contributed by atoms with Crippen molar-refractivity contribution in [3.63, 3.8) is 0 Å². The zero-order valence-corrected chi connectivity index (χ0v) is 7.66. The number of ketones is 2. The van der Waals surface area contributed by atoms with E-state index in [1.165, 1.54) is 19.9 Å². The summed E-state index contributed by atoms with van der Waals surface area (Å²) in [5.41, 5.74) is 0.122. The van der Waals surface area contributed by atoms with Crippen LogP contribution in [0.3, 0.4) is 0 Å². The predicted octanol–water partition coefficient (Wildman–Crippen LogP) is 0.956. The molecule has 0 unspecified atom stereocenters. The van der Waals surface area contributed by atoms with Gasteiger partial charge in [0.15, 0.2) is 0 Å². The Morgan fingerprint density at radius 3 is 2.15 bits per heavy atom. The molecule has 0 aliphatic rings. The van der Waals surface area contributed by atoms with Crippen molar-refractivity contribution in [2.75, 3.05) is 0 Å². The van der Waals surface area contributed by atoms with Crippen LogP contribution in [0.4, 0.5) is 0 Å². The molecule has 0 amide bonds. The van der Waals surface area contributed by atoms with E-state index in [0.717, 1.165) is 0 Å². The quantitative estimate of drug-likeness (QED) is 0.510. The topological polar surface area (TPSA) is 71.4 Å². The van der Waals surface area contributed by atoms with E-state index < -0.39 is 5.97 Å². The van der Waals surface area contributed by atoms with Gasteiger partial charge in [-0.05, 0) is 13.8 Å². The molecule has 0 aromatic carbocycles. The van der Waals surface area contributed by atoms with Crippen molar-refractivity contribution < 1.29 is 19.5 Å². The van der Waals surface area contributed by atoms with Crippen LogP contribution in [0.5, 0.6) is 0 Å². The molecule has 0 radical (unpaired) electrons. The second kappa shape index (κ2) is 5.24. The molecule has 4 nitrogen and oxygen atoms in total. The first kappa shape index (κ1) is 11.6. The summed E-state index contributed by atoms with van der Waals surface area (Å²) in [5, 5.41) is 8.43. The summed E-state index contributed by atoms with van der Waals surface area (Å²) < 4.78 is 0. The number of allylic oxidation sites excluding steroid dienone is 1. The Bertz CT molecular complexity index is 263. The van der Waals surface area contributed by atoms with Crippen LogP contribution in [0.2, 0.25) is 0 Å². The Kier molecular flexibility index (Phi) is 4.66. The minimum Gasteiger partial charge on any atom is -0.478 e. The molecule has 0 bridgehead atoms. The molecule has 0 rings (SSSR count). The molecule has 0 saturated carbocycles. The maximum absolute atomic E-state index is 10.9. The number of aliphatic carboxylic acids is 1. The van der Waals surface area contributed by atoms with Crippen LogP contribution in [0.15, 0.2) is 11.6 Å². The fourth-order valence-electron chi connectivity index (χ4n) is 0.704. The van der Waals surface area contributed by atoms with Gasteiger partial charge in [0, 0.05) is 12.0 Å². The monoisotopic (exact) mass is 184 g/mol. The molecular weight excluding hydrogens is 172 g/mol. The van der Waals surface area contributed by atoms with Crippen molar-refractivity contribution in [2.24, 2.45) is 0 Å². The second-order valence-corrected chi connectivity index (χ2v) is 2.81. The summed E-state index contributed by atoms with van der Waals surface area (Å²) in [6.45, 7) is 2.73. The average molecular weight is 184 g/mol. The Labute approximate surface area is 76.2 Å². The molecule has 0 aliphatic carbocycles. The Balaban J connectivity index is 4.02. The highest BCUT2D eigenvalue weighted by Gasteiger charge is 2.05. The lowest BCUT2D eigenvalue weighted by atomic mass is 10.1. The number of rotatable bonds is 5. The van der Waals surface area contributed by atoms with Gasteiger partial charge >= 0.3 is 5.97 Å². The third-order valence-electron chi connectivity index (χ3n) is 1.42. The molecule has 0 fully saturated rings. The van der Waals surface area contributed by atoms with E-state index in [0.29, 0.717) is 0 Å². The van der Waals surface area contributed by atoms with Gasteiger partial charge in [-0.3, -0.25) is 9.59 Å². The van der Waals surface area contributed by atoms with Crippen molar-refractivity contribution in [3.05, 3.63) is 11.6 Å². The zero-order chi connectivity index (χ0) is 10.4. The third-order valence-corrected chi connectivity index (χ3v) is 1.42. The molecule has 0 heterocycles. The highest BCUT2D eigenvalue weighted by Crippen LogP contribution is 1.98. The predicted molar refractivity (Wildman–Crippen MR) is 46.3 cm³/mol. The van der Waals surface area contributed by atoms with E-state index >= 15 is 0 Å². The first-order valence-corrected chi connectivity index (χ1v) is 3.84. The molecule has 0 aromatic heterocycles. The van der Waals surface area contributed by atoms with E-state index in [9.17, 15) is 14.4 Å². The van der Waals surface area contributed by atoms with Crippen LogP contribution in [0.1, 0.15) is 26.7 Å². The van der Waals surface area contributed by atoms with E-state index in [1.807, 2.05) is 0 Å². The summed E-state index contributed by atoms with van der Waals surface area (Å²) >= 11 is 0. The number of hydrogen-bond acceptors (Lipinski definition) is 3. The number of carboxylic acid groups (broad SMARTS) is 1. The van der Waals surface area contributed by atoms with Crippen molar-refractivity contribution in [1.82, 2.24) is 0 Å². The molecular formula is C9H12O4. The summed E-state index contributed by atoms with van der Waals surface area (Å²) in [6, 6.07) is 0. The van der Waals surface area contributed by atoms with Gasteiger partial charge in [0.2, 0.25) is 0 Å². The summed E-state index contributed by atoms with van der Waals surface area (Å²) in [4.78, 5) is 31.7. The molecule has 72 valence electrons. The lowest BCUT2D eigenvalue weighted by molar-refractivity contribution is -0.132. The number of carbonyl (C=O) groups excluding carboxylic acids is 2. The van der Waals surface area contributed by atoms with E-state index in [4.69, 9.17) is 5.11 Å². The highest BCUT2D eigenvalue weighted by atomic mass is 16.4. The third kappa shape index (κ3) is 5.78. The van der Waals surface area contributed by atoms with Gasteiger partial charge in [-0.25, -0.2) is 4.79 Å². The molecule has 13 heavy (non-hydrogen) atoms. The van der Waals surface area contributed by atoms with Crippen LogP contribution in [-0.2, 0) is 14.4 Å². The van der Waals surface area contributed by atoms with E-state index in [1.54, 1.807) is 0 Å². The van der Waals surface area contributed by atoms with Gasteiger partial charge in [0.1, 0.15) is 11.6 Å². The Morgan fingerprint density at radius 1 is 1.23 bits per heavy atom. The molecule has 1 N–H and O–H groups in total. The fourth-order valence-corrected chi connectivity index (χ4v) is 0.704. The first-order valence-electron chi connectivity index (χ1n) is 3.84. The molecule has 0 spiro atoms. The van der Waals surface area contributed by atoms with Crippen molar-refractivity contribution in [3.8, 4) is 0 Å². The number of carboxylic acids is 1. The zero-order valence-electron chi connectivity index (χ0n) is 7.66. The van der Waals surface area contributed by atoms with Crippen LogP contribution in [-0.4, -0.2) is 22.6 Å². The minimum absolute atomic E-state index is 0.0116. The molecule has 4 heteroatoms. The number of hydrogen-bond donors (Lipinski definition) is 1.